The maximum absolute atomic E-state index is 12.2. The number of para-hydroxylation sites is 2. The van der Waals surface area contributed by atoms with Gasteiger partial charge in [-0.25, -0.2) is 0 Å². The summed E-state index contributed by atoms with van der Waals surface area (Å²) in [6, 6.07) is 8.72. The van der Waals surface area contributed by atoms with Crippen molar-refractivity contribution in [3.63, 3.8) is 0 Å². The van der Waals surface area contributed by atoms with Gasteiger partial charge in [-0.2, -0.15) is 0 Å². The molecule has 0 aliphatic carbocycles. The fraction of sp³-hybridized carbons (Fsp3) is 0.353. The topological polar surface area (TPSA) is 84.7 Å². The minimum absolute atomic E-state index is 0.0492. The number of benzene rings is 1. The fourth-order valence-corrected chi connectivity index (χ4v) is 2.15. The molecule has 0 fully saturated rings. The molecular weight excluding hydrogens is 310 g/mol. The number of carbonyl (C=O) groups excluding carboxylic acids is 2. The second-order valence-corrected chi connectivity index (χ2v) is 5.61. The average molecular weight is 331 g/mol. The minimum Gasteiger partial charge on any atom is -0.489 e. The van der Waals surface area contributed by atoms with E-state index in [1.807, 2.05) is 19.9 Å². The van der Waals surface area contributed by atoms with Gasteiger partial charge in [0.1, 0.15) is 18.1 Å². The molecule has 0 aliphatic rings. The Labute approximate surface area is 140 Å². The van der Waals surface area contributed by atoms with E-state index in [-0.39, 0.29) is 24.5 Å². The van der Waals surface area contributed by atoms with Crippen LogP contribution in [0.5, 0.6) is 5.75 Å². The van der Waals surface area contributed by atoms with Gasteiger partial charge in [-0.1, -0.05) is 17.3 Å². The Morgan fingerprint density at radius 1 is 1.33 bits per heavy atom. The first-order valence-corrected chi connectivity index (χ1v) is 7.63. The van der Waals surface area contributed by atoms with Crippen LogP contribution in [0.1, 0.15) is 26.5 Å². The molecule has 1 heterocycles. The first-order valence-electron chi connectivity index (χ1n) is 7.63. The number of hydrogen-bond donors (Lipinski definition) is 1. The first-order chi connectivity index (χ1) is 11.4. The van der Waals surface area contributed by atoms with Gasteiger partial charge in [-0.3, -0.25) is 14.5 Å². The molecule has 24 heavy (non-hydrogen) atoms. The van der Waals surface area contributed by atoms with E-state index in [1.165, 1.54) is 11.8 Å². The molecule has 7 nitrogen and oxygen atoms in total. The zero-order chi connectivity index (χ0) is 17.7. The van der Waals surface area contributed by atoms with Crippen LogP contribution in [0.4, 0.5) is 11.5 Å². The molecule has 2 amide bonds. The highest BCUT2D eigenvalue weighted by atomic mass is 16.5. The third kappa shape index (κ3) is 4.58. The Bertz CT molecular complexity index is 724. The second-order valence-electron chi connectivity index (χ2n) is 5.61. The maximum atomic E-state index is 12.2. The monoisotopic (exact) mass is 331 g/mol. The van der Waals surface area contributed by atoms with Crippen molar-refractivity contribution in [1.82, 2.24) is 5.16 Å². The van der Waals surface area contributed by atoms with E-state index in [4.69, 9.17) is 9.26 Å². The summed E-state index contributed by atoms with van der Waals surface area (Å²) in [4.78, 5) is 25.6. The molecule has 0 spiro atoms. The molecule has 0 bridgehead atoms. The van der Waals surface area contributed by atoms with Gasteiger partial charge in [0.2, 0.25) is 11.8 Å². The largest absolute Gasteiger partial charge is 0.489 e. The number of ether oxygens (including phenoxy) is 1. The predicted octanol–water partition coefficient (Wildman–Crippen LogP) is 2.76. The first kappa shape index (κ1) is 17.5. The van der Waals surface area contributed by atoms with Crippen molar-refractivity contribution in [2.24, 2.45) is 0 Å². The van der Waals surface area contributed by atoms with Gasteiger partial charge in [0.15, 0.2) is 5.82 Å². The Balaban J connectivity index is 2.18. The van der Waals surface area contributed by atoms with Crippen molar-refractivity contribution in [1.29, 1.82) is 0 Å². The summed E-state index contributed by atoms with van der Waals surface area (Å²) in [5, 5.41) is 6.30. The molecule has 7 heteroatoms. The zero-order valence-electron chi connectivity index (χ0n) is 14.2. The molecule has 0 saturated carbocycles. The quantitative estimate of drug-likeness (QED) is 0.880. The van der Waals surface area contributed by atoms with E-state index >= 15 is 0 Å². The van der Waals surface area contributed by atoms with Gasteiger partial charge in [-0.15, -0.1) is 0 Å². The number of nitrogens with zero attached hydrogens (tertiary/aromatic N) is 2. The van der Waals surface area contributed by atoms with E-state index in [1.54, 1.807) is 31.2 Å². The Morgan fingerprint density at radius 2 is 2.04 bits per heavy atom. The van der Waals surface area contributed by atoms with E-state index in [2.05, 4.69) is 10.5 Å². The number of rotatable bonds is 6. The lowest BCUT2D eigenvalue weighted by atomic mass is 10.2. The standard InChI is InChI=1S/C17H21N3O4/c1-11(2)23-15-8-6-5-7-14(15)20(13(4)21)10-17(22)18-16-9-12(3)24-19-16/h5-9,11H,10H2,1-4H3,(H,18,19,22). The van der Waals surface area contributed by atoms with E-state index < -0.39 is 0 Å². The van der Waals surface area contributed by atoms with Crippen molar-refractivity contribution in [2.75, 3.05) is 16.8 Å². The van der Waals surface area contributed by atoms with E-state index in [0.717, 1.165) is 0 Å². The van der Waals surface area contributed by atoms with Crippen molar-refractivity contribution in [3.8, 4) is 5.75 Å². The summed E-state index contributed by atoms with van der Waals surface area (Å²) in [6.07, 6.45) is -0.0492. The number of aromatic nitrogens is 1. The zero-order valence-corrected chi connectivity index (χ0v) is 14.2. The van der Waals surface area contributed by atoms with Gasteiger partial charge in [0, 0.05) is 13.0 Å². The highest BCUT2D eigenvalue weighted by molar-refractivity contribution is 6.02. The van der Waals surface area contributed by atoms with Crippen LogP contribution in [-0.4, -0.2) is 29.6 Å². The molecule has 128 valence electrons. The number of amides is 2. The lowest BCUT2D eigenvalue weighted by molar-refractivity contribution is -0.120. The summed E-state index contributed by atoms with van der Waals surface area (Å²) >= 11 is 0. The van der Waals surface area contributed by atoms with Crippen molar-refractivity contribution < 1.29 is 18.8 Å². The number of carbonyl (C=O) groups is 2. The molecule has 1 N–H and O–H groups in total. The molecule has 0 radical (unpaired) electrons. The SMILES string of the molecule is CC(=O)N(CC(=O)Nc1cc(C)on1)c1ccccc1OC(C)C. The number of anilines is 2. The van der Waals surface area contributed by atoms with Crippen LogP contribution in [0.15, 0.2) is 34.9 Å². The summed E-state index contributed by atoms with van der Waals surface area (Å²) in [5.41, 5.74) is 0.546. The Hall–Kier alpha value is -2.83. The third-order valence-electron chi connectivity index (χ3n) is 3.10. The molecule has 0 unspecified atom stereocenters. The van der Waals surface area contributed by atoms with Gasteiger partial charge in [-0.05, 0) is 32.9 Å². The molecule has 0 saturated heterocycles. The van der Waals surface area contributed by atoms with Gasteiger partial charge < -0.3 is 14.6 Å². The molecule has 2 rings (SSSR count). The predicted molar refractivity (Wildman–Crippen MR) is 90.1 cm³/mol. The van der Waals surface area contributed by atoms with Crippen LogP contribution in [0, 0.1) is 6.92 Å². The molecule has 1 aromatic heterocycles. The van der Waals surface area contributed by atoms with E-state index in [0.29, 0.717) is 23.0 Å². The Kier molecular flexibility index (Phi) is 5.57. The lowest BCUT2D eigenvalue weighted by Gasteiger charge is -2.24. The van der Waals surface area contributed by atoms with Crippen molar-refractivity contribution in [3.05, 3.63) is 36.1 Å². The maximum Gasteiger partial charge on any atom is 0.245 e. The highest BCUT2D eigenvalue weighted by Gasteiger charge is 2.20. The van der Waals surface area contributed by atoms with Crippen LogP contribution < -0.4 is 15.0 Å². The van der Waals surface area contributed by atoms with Crippen LogP contribution in [0.2, 0.25) is 0 Å². The summed E-state index contributed by atoms with van der Waals surface area (Å²) in [6.45, 7) is 6.77. The molecule has 1 aromatic carbocycles. The molecule has 0 aliphatic heterocycles. The lowest BCUT2D eigenvalue weighted by Crippen LogP contribution is -2.37. The van der Waals surface area contributed by atoms with Crippen LogP contribution in [0.25, 0.3) is 0 Å². The fourth-order valence-electron chi connectivity index (χ4n) is 2.15. The van der Waals surface area contributed by atoms with Gasteiger partial charge in [0.25, 0.3) is 0 Å². The number of aryl methyl sites for hydroxylation is 1. The van der Waals surface area contributed by atoms with Crippen molar-refractivity contribution >= 4 is 23.3 Å². The Morgan fingerprint density at radius 3 is 2.62 bits per heavy atom. The summed E-state index contributed by atoms with van der Waals surface area (Å²) in [7, 11) is 0. The highest BCUT2D eigenvalue weighted by Crippen LogP contribution is 2.29. The average Bonchev–Trinajstić information content (AvgIpc) is 2.90. The van der Waals surface area contributed by atoms with Crippen LogP contribution >= 0.6 is 0 Å². The smallest absolute Gasteiger partial charge is 0.245 e. The normalized spacial score (nSPS) is 10.5. The van der Waals surface area contributed by atoms with Crippen LogP contribution in [-0.2, 0) is 9.59 Å². The summed E-state index contributed by atoms with van der Waals surface area (Å²) < 4.78 is 10.6. The third-order valence-corrected chi connectivity index (χ3v) is 3.10. The minimum atomic E-state index is -0.377. The van der Waals surface area contributed by atoms with Crippen LogP contribution in [0.3, 0.4) is 0 Å². The molecule has 2 aromatic rings. The van der Waals surface area contributed by atoms with E-state index in [9.17, 15) is 9.59 Å². The van der Waals surface area contributed by atoms with Gasteiger partial charge in [0.05, 0.1) is 11.8 Å². The van der Waals surface area contributed by atoms with Gasteiger partial charge >= 0.3 is 0 Å². The molecule has 0 atom stereocenters. The summed E-state index contributed by atoms with van der Waals surface area (Å²) in [5.74, 6) is 0.809. The van der Waals surface area contributed by atoms with Crippen molar-refractivity contribution in [2.45, 2.75) is 33.8 Å². The molecular formula is C17H21N3O4. The number of hydrogen-bond acceptors (Lipinski definition) is 5. The number of nitrogens with one attached hydrogen (secondary N) is 1. The second kappa shape index (κ2) is 7.63.